The Bertz CT molecular complexity index is 1180. The molecule has 0 spiro atoms. The molecular formula is C25H27N5O. The van der Waals surface area contributed by atoms with Crippen molar-refractivity contribution in [2.45, 2.75) is 18.8 Å². The number of primary amides is 1. The predicted molar refractivity (Wildman–Crippen MR) is 123 cm³/mol. The first-order valence-corrected chi connectivity index (χ1v) is 10.4. The van der Waals surface area contributed by atoms with E-state index in [1.54, 1.807) is 4.52 Å². The molecule has 1 amide bonds. The lowest BCUT2D eigenvalue weighted by Crippen LogP contribution is -2.22. The van der Waals surface area contributed by atoms with Gasteiger partial charge in [0.05, 0.1) is 5.92 Å². The minimum atomic E-state index is -0.471. The Kier molecular flexibility index (Phi) is 6.09. The van der Waals surface area contributed by atoms with Crippen LogP contribution in [0.5, 0.6) is 0 Å². The van der Waals surface area contributed by atoms with Crippen LogP contribution in [0, 0.1) is 0 Å². The molecule has 2 heterocycles. The summed E-state index contributed by atoms with van der Waals surface area (Å²) in [5.74, 6) is -0.815. The quantitative estimate of drug-likeness (QED) is 0.480. The Hall–Kier alpha value is -3.51. The van der Waals surface area contributed by atoms with E-state index in [1.807, 2.05) is 54.7 Å². The Morgan fingerprint density at radius 3 is 2.58 bits per heavy atom. The first-order valence-electron chi connectivity index (χ1n) is 10.4. The SMILES string of the molecule is CN(C)CCCc1cccc(C(C(N)=O)c2ccc(-c3ccn4ncnc4c3)cc2)c1. The van der Waals surface area contributed by atoms with Crippen LogP contribution < -0.4 is 5.73 Å². The lowest BCUT2D eigenvalue weighted by Gasteiger charge is -2.16. The van der Waals surface area contributed by atoms with Crippen molar-refractivity contribution in [3.63, 3.8) is 0 Å². The number of fused-ring (bicyclic) bond motifs is 1. The van der Waals surface area contributed by atoms with Crippen molar-refractivity contribution in [1.29, 1.82) is 0 Å². The second kappa shape index (κ2) is 9.10. The van der Waals surface area contributed by atoms with Gasteiger partial charge in [-0.25, -0.2) is 9.50 Å². The number of pyridine rings is 1. The van der Waals surface area contributed by atoms with Crippen molar-refractivity contribution < 1.29 is 4.79 Å². The molecule has 2 aromatic heterocycles. The van der Waals surface area contributed by atoms with E-state index >= 15 is 0 Å². The molecule has 6 heteroatoms. The van der Waals surface area contributed by atoms with Crippen molar-refractivity contribution in [2.24, 2.45) is 5.73 Å². The van der Waals surface area contributed by atoms with Gasteiger partial charge in [-0.1, -0.05) is 48.5 Å². The molecule has 158 valence electrons. The molecule has 0 aliphatic heterocycles. The molecule has 0 saturated heterocycles. The van der Waals surface area contributed by atoms with Crippen molar-refractivity contribution in [3.8, 4) is 11.1 Å². The fourth-order valence-corrected chi connectivity index (χ4v) is 3.91. The summed E-state index contributed by atoms with van der Waals surface area (Å²) < 4.78 is 1.73. The summed E-state index contributed by atoms with van der Waals surface area (Å²) in [6, 6.07) is 20.2. The summed E-state index contributed by atoms with van der Waals surface area (Å²) in [5, 5.41) is 4.13. The Morgan fingerprint density at radius 2 is 1.84 bits per heavy atom. The fraction of sp³-hybridized carbons (Fsp3) is 0.240. The standard InChI is InChI=1S/C25H27N5O/c1-29(2)13-4-6-18-5-3-7-22(15-18)24(25(26)31)20-10-8-19(9-11-20)21-12-14-30-23(16-21)27-17-28-30/h3,5,7-12,14-17,24H,4,6,13H2,1-2H3,(H2,26,31). The molecule has 31 heavy (non-hydrogen) atoms. The van der Waals surface area contributed by atoms with Gasteiger partial charge < -0.3 is 10.6 Å². The smallest absolute Gasteiger partial charge is 0.229 e. The minimum absolute atomic E-state index is 0.344. The highest BCUT2D eigenvalue weighted by molar-refractivity contribution is 5.86. The lowest BCUT2D eigenvalue weighted by atomic mass is 9.88. The molecule has 4 rings (SSSR count). The number of hydrogen-bond donors (Lipinski definition) is 1. The first-order chi connectivity index (χ1) is 15.0. The van der Waals surface area contributed by atoms with Crippen LogP contribution in [-0.2, 0) is 11.2 Å². The minimum Gasteiger partial charge on any atom is -0.369 e. The van der Waals surface area contributed by atoms with Gasteiger partial charge in [-0.2, -0.15) is 5.10 Å². The highest BCUT2D eigenvalue weighted by Crippen LogP contribution is 2.28. The van der Waals surface area contributed by atoms with Crippen LogP contribution in [0.1, 0.15) is 29.0 Å². The van der Waals surface area contributed by atoms with Gasteiger partial charge in [0.1, 0.15) is 6.33 Å². The van der Waals surface area contributed by atoms with Gasteiger partial charge >= 0.3 is 0 Å². The predicted octanol–water partition coefficient (Wildman–Crippen LogP) is 3.51. The highest BCUT2D eigenvalue weighted by atomic mass is 16.1. The largest absolute Gasteiger partial charge is 0.369 e. The monoisotopic (exact) mass is 413 g/mol. The van der Waals surface area contributed by atoms with E-state index in [0.29, 0.717) is 0 Å². The normalized spacial score (nSPS) is 12.4. The van der Waals surface area contributed by atoms with Crippen LogP contribution in [0.4, 0.5) is 0 Å². The maximum absolute atomic E-state index is 12.4. The number of benzene rings is 2. The zero-order valence-electron chi connectivity index (χ0n) is 17.9. The fourth-order valence-electron chi connectivity index (χ4n) is 3.91. The summed E-state index contributed by atoms with van der Waals surface area (Å²) in [4.78, 5) is 18.8. The molecule has 0 aliphatic carbocycles. The number of carbonyl (C=O) groups excluding carboxylic acids is 1. The maximum atomic E-state index is 12.4. The van der Waals surface area contributed by atoms with E-state index in [0.717, 1.165) is 47.3 Å². The number of aryl methyl sites for hydroxylation is 1. The number of carbonyl (C=O) groups is 1. The van der Waals surface area contributed by atoms with Gasteiger partial charge in [-0.05, 0) is 73.4 Å². The Labute approximate surface area is 182 Å². The van der Waals surface area contributed by atoms with Gasteiger partial charge in [0.15, 0.2) is 5.65 Å². The lowest BCUT2D eigenvalue weighted by molar-refractivity contribution is -0.118. The van der Waals surface area contributed by atoms with Crippen LogP contribution in [0.2, 0.25) is 0 Å². The molecule has 4 aromatic rings. The second-order valence-electron chi connectivity index (χ2n) is 8.09. The summed E-state index contributed by atoms with van der Waals surface area (Å²) in [5.41, 5.74) is 11.8. The van der Waals surface area contributed by atoms with Crippen LogP contribution in [0.3, 0.4) is 0 Å². The van der Waals surface area contributed by atoms with E-state index in [1.165, 1.54) is 11.9 Å². The molecule has 1 unspecified atom stereocenters. The molecule has 0 radical (unpaired) electrons. The van der Waals surface area contributed by atoms with Crippen molar-refractivity contribution in [1.82, 2.24) is 19.5 Å². The highest BCUT2D eigenvalue weighted by Gasteiger charge is 2.20. The summed E-state index contributed by atoms with van der Waals surface area (Å²) >= 11 is 0. The number of rotatable bonds is 8. The zero-order valence-corrected chi connectivity index (χ0v) is 17.9. The third-order valence-corrected chi connectivity index (χ3v) is 5.50. The van der Waals surface area contributed by atoms with E-state index < -0.39 is 5.92 Å². The number of hydrogen-bond acceptors (Lipinski definition) is 4. The number of nitrogens with two attached hydrogens (primary N) is 1. The molecule has 0 bridgehead atoms. The molecule has 0 saturated carbocycles. The van der Waals surface area contributed by atoms with Crippen LogP contribution in [0.25, 0.3) is 16.8 Å². The first kappa shape index (κ1) is 20.8. The zero-order chi connectivity index (χ0) is 21.8. The summed E-state index contributed by atoms with van der Waals surface area (Å²) in [6.45, 7) is 1.03. The van der Waals surface area contributed by atoms with Gasteiger partial charge in [0.2, 0.25) is 5.91 Å². The van der Waals surface area contributed by atoms with Crippen LogP contribution >= 0.6 is 0 Å². The topological polar surface area (TPSA) is 76.5 Å². The van der Waals surface area contributed by atoms with Crippen molar-refractivity contribution in [2.75, 3.05) is 20.6 Å². The molecule has 6 nitrogen and oxygen atoms in total. The summed E-state index contributed by atoms with van der Waals surface area (Å²) in [6.07, 6.45) is 5.47. The third-order valence-electron chi connectivity index (χ3n) is 5.50. The van der Waals surface area contributed by atoms with Gasteiger partial charge in [-0.15, -0.1) is 0 Å². The third kappa shape index (κ3) is 4.81. The average molecular weight is 414 g/mol. The Balaban J connectivity index is 1.58. The van der Waals surface area contributed by atoms with Gasteiger partial charge in [0, 0.05) is 6.20 Å². The Morgan fingerprint density at radius 1 is 1.03 bits per heavy atom. The molecule has 2 aromatic carbocycles. The summed E-state index contributed by atoms with van der Waals surface area (Å²) in [7, 11) is 4.15. The molecule has 1 atom stereocenters. The average Bonchev–Trinajstić information content (AvgIpc) is 3.22. The number of amides is 1. The van der Waals surface area contributed by atoms with Gasteiger partial charge in [-0.3, -0.25) is 4.79 Å². The molecule has 0 fully saturated rings. The maximum Gasteiger partial charge on any atom is 0.229 e. The van der Waals surface area contributed by atoms with E-state index in [4.69, 9.17) is 5.73 Å². The molecule has 2 N–H and O–H groups in total. The van der Waals surface area contributed by atoms with E-state index in [2.05, 4.69) is 41.2 Å². The molecular weight excluding hydrogens is 386 g/mol. The number of nitrogens with zero attached hydrogens (tertiary/aromatic N) is 4. The van der Waals surface area contributed by atoms with Crippen molar-refractivity contribution >= 4 is 11.6 Å². The van der Waals surface area contributed by atoms with Crippen molar-refractivity contribution in [3.05, 3.63) is 89.9 Å². The van der Waals surface area contributed by atoms with Crippen LogP contribution in [-0.4, -0.2) is 46.0 Å². The molecule has 0 aliphatic rings. The second-order valence-corrected chi connectivity index (χ2v) is 8.09. The van der Waals surface area contributed by atoms with Crippen LogP contribution in [0.15, 0.2) is 73.2 Å². The number of aromatic nitrogens is 3. The van der Waals surface area contributed by atoms with Gasteiger partial charge in [0.25, 0.3) is 0 Å². The van der Waals surface area contributed by atoms with E-state index in [-0.39, 0.29) is 5.91 Å². The van der Waals surface area contributed by atoms with E-state index in [9.17, 15) is 4.79 Å².